The van der Waals surface area contributed by atoms with Crippen LogP contribution in [0.1, 0.15) is 17.2 Å². The molecule has 2 atom stereocenters. The highest BCUT2D eigenvalue weighted by atomic mass is 16.7. The molecule has 3 rings (SSSR count). The van der Waals surface area contributed by atoms with Gasteiger partial charge < -0.3 is 9.47 Å². The van der Waals surface area contributed by atoms with Gasteiger partial charge in [0.2, 0.25) is 6.29 Å². The monoisotopic (exact) mass is 254 g/mol. The summed E-state index contributed by atoms with van der Waals surface area (Å²) in [5.41, 5.74) is 1.93. The topological polar surface area (TPSA) is 35.5 Å². The predicted octanol–water partition coefficient (Wildman–Crippen LogP) is 2.87. The Bertz CT molecular complexity index is 551. The number of cyclic esters (lactones) is 1. The summed E-state index contributed by atoms with van der Waals surface area (Å²) >= 11 is 0. The van der Waals surface area contributed by atoms with Crippen molar-refractivity contribution in [3.8, 4) is 0 Å². The normalized spacial score (nSPS) is 22.2. The number of carbonyl (C=O) groups is 1. The first kappa shape index (κ1) is 11.9. The Labute approximate surface area is 111 Å². The van der Waals surface area contributed by atoms with Crippen molar-refractivity contribution in [2.75, 3.05) is 0 Å². The molecule has 0 spiro atoms. The largest absolute Gasteiger partial charge is 0.433 e. The van der Waals surface area contributed by atoms with Gasteiger partial charge in [0.15, 0.2) is 6.10 Å². The molecule has 1 heterocycles. The lowest BCUT2D eigenvalue weighted by atomic mass is 10.1. The molecule has 0 radical (unpaired) electrons. The van der Waals surface area contributed by atoms with Crippen LogP contribution >= 0.6 is 0 Å². The minimum atomic E-state index is -0.602. The van der Waals surface area contributed by atoms with Crippen molar-refractivity contribution in [2.45, 2.75) is 18.8 Å². The zero-order valence-corrected chi connectivity index (χ0v) is 10.4. The van der Waals surface area contributed by atoms with Crippen LogP contribution in [0.5, 0.6) is 0 Å². The lowest BCUT2D eigenvalue weighted by Crippen LogP contribution is -2.11. The standard InChI is InChI=1S/C16H14O3/c17-16-15(13-9-5-2-6-10-13)18-14(19-16)11-12-7-3-1-4-8-12/h1-10,14-15H,11H2/t14?,15-/m1/s1. The molecule has 0 bridgehead atoms. The number of ether oxygens (including phenoxy) is 2. The summed E-state index contributed by atoms with van der Waals surface area (Å²) < 4.78 is 11.0. The summed E-state index contributed by atoms with van der Waals surface area (Å²) in [4.78, 5) is 11.8. The quantitative estimate of drug-likeness (QED) is 0.790. The minimum Gasteiger partial charge on any atom is -0.433 e. The van der Waals surface area contributed by atoms with E-state index in [1.54, 1.807) is 0 Å². The molecule has 2 aromatic carbocycles. The molecular formula is C16H14O3. The summed E-state index contributed by atoms with van der Waals surface area (Å²) in [7, 11) is 0. The summed E-state index contributed by atoms with van der Waals surface area (Å²) in [5.74, 6) is -0.313. The maximum absolute atomic E-state index is 11.8. The van der Waals surface area contributed by atoms with Gasteiger partial charge in [0.1, 0.15) is 0 Å². The minimum absolute atomic E-state index is 0.313. The van der Waals surface area contributed by atoms with Gasteiger partial charge in [-0.3, -0.25) is 0 Å². The van der Waals surface area contributed by atoms with Gasteiger partial charge in [-0.15, -0.1) is 0 Å². The maximum Gasteiger partial charge on any atom is 0.342 e. The van der Waals surface area contributed by atoms with E-state index >= 15 is 0 Å². The molecule has 1 unspecified atom stereocenters. The molecule has 0 amide bonds. The van der Waals surface area contributed by atoms with Crippen LogP contribution in [0.3, 0.4) is 0 Å². The Kier molecular flexibility index (Phi) is 3.29. The van der Waals surface area contributed by atoms with Gasteiger partial charge >= 0.3 is 5.97 Å². The van der Waals surface area contributed by atoms with Crippen molar-refractivity contribution in [2.24, 2.45) is 0 Å². The Hall–Kier alpha value is -2.13. The van der Waals surface area contributed by atoms with Crippen LogP contribution in [-0.4, -0.2) is 12.3 Å². The lowest BCUT2D eigenvalue weighted by molar-refractivity contribution is -0.143. The van der Waals surface area contributed by atoms with Crippen LogP contribution in [0.4, 0.5) is 0 Å². The Morgan fingerprint density at radius 1 is 0.895 bits per heavy atom. The van der Waals surface area contributed by atoms with Crippen molar-refractivity contribution in [3.63, 3.8) is 0 Å². The van der Waals surface area contributed by atoms with Crippen LogP contribution in [0.2, 0.25) is 0 Å². The number of rotatable bonds is 3. The van der Waals surface area contributed by atoms with Crippen molar-refractivity contribution in [1.82, 2.24) is 0 Å². The highest BCUT2D eigenvalue weighted by Gasteiger charge is 2.36. The molecular weight excluding hydrogens is 240 g/mol. The Morgan fingerprint density at radius 2 is 1.53 bits per heavy atom. The number of carbonyl (C=O) groups excluding carboxylic acids is 1. The van der Waals surface area contributed by atoms with E-state index in [2.05, 4.69) is 0 Å². The Balaban J connectivity index is 1.70. The summed E-state index contributed by atoms with van der Waals surface area (Å²) in [5, 5.41) is 0. The number of benzene rings is 2. The highest BCUT2D eigenvalue weighted by Crippen LogP contribution is 2.29. The molecule has 1 aliphatic rings. The third-order valence-corrected chi connectivity index (χ3v) is 3.10. The van der Waals surface area contributed by atoms with Crippen LogP contribution in [-0.2, 0) is 20.7 Å². The smallest absolute Gasteiger partial charge is 0.342 e. The van der Waals surface area contributed by atoms with E-state index in [0.29, 0.717) is 6.42 Å². The zero-order chi connectivity index (χ0) is 13.1. The lowest BCUT2D eigenvalue weighted by Gasteiger charge is -2.09. The maximum atomic E-state index is 11.8. The van der Waals surface area contributed by atoms with Gasteiger partial charge in [-0.25, -0.2) is 4.79 Å². The first-order valence-electron chi connectivity index (χ1n) is 6.28. The van der Waals surface area contributed by atoms with Gasteiger partial charge in [-0.05, 0) is 11.1 Å². The van der Waals surface area contributed by atoms with E-state index in [-0.39, 0.29) is 5.97 Å². The SMILES string of the molecule is O=C1OC(Cc2ccccc2)O[C@@H]1c1ccccc1. The molecule has 0 saturated carbocycles. The second kappa shape index (κ2) is 5.24. The summed E-state index contributed by atoms with van der Waals surface area (Å²) in [6.07, 6.45) is -0.523. The van der Waals surface area contributed by atoms with Gasteiger partial charge in [0.25, 0.3) is 0 Å². The van der Waals surface area contributed by atoms with E-state index in [1.165, 1.54) is 0 Å². The second-order valence-corrected chi connectivity index (χ2v) is 4.48. The molecule has 3 heteroatoms. The molecule has 0 N–H and O–H groups in total. The van der Waals surface area contributed by atoms with Crippen LogP contribution in [0.15, 0.2) is 60.7 Å². The van der Waals surface area contributed by atoms with Crippen LogP contribution in [0, 0.1) is 0 Å². The first-order valence-corrected chi connectivity index (χ1v) is 6.28. The van der Waals surface area contributed by atoms with Gasteiger partial charge in [0, 0.05) is 6.42 Å². The third-order valence-electron chi connectivity index (χ3n) is 3.10. The molecule has 0 aliphatic carbocycles. The molecule has 1 fully saturated rings. The second-order valence-electron chi connectivity index (χ2n) is 4.48. The summed E-state index contributed by atoms with van der Waals surface area (Å²) in [6.45, 7) is 0. The third kappa shape index (κ3) is 2.66. The fraction of sp³-hybridized carbons (Fsp3) is 0.188. The van der Waals surface area contributed by atoms with E-state index in [4.69, 9.17) is 9.47 Å². The van der Waals surface area contributed by atoms with Crippen molar-refractivity contribution >= 4 is 5.97 Å². The molecule has 96 valence electrons. The number of hydrogen-bond donors (Lipinski definition) is 0. The molecule has 1 aliphatic heterocycles. The average Bonchev–Trinajstić information content (AvgIpc) is 2.82. The number of esters is 1. The molecule has 2 aromatic rings. The van der Waals surface area contributed by atoms with E-state index < -0.39 is 12.4 Å². The van der Waals surface area contributed by atoms with Gasteiger partial charge in [0.05, 0.1) is 0 Å². The van der Waals surface area contributed by atoms with E-state index in [9.17, 15) is 4.79 Å². The number of hydrogen-bond acceptors (Lipinski definition) is 3. The van der Waals surface area contributed by atoms with Crippen LogP contribution in [0.25, 0.3) is 0 Å². The fourth-order valence-electron chi connectivity index (χ4n) is 2.17. The van der Waals surface area contributed by atoms with Crippen molar-refractivity contribution in [3.05, 3.63) is 71.8 Å². The average molecular weight is 254 g/mol. The highest BCUT2D eigenvalue weighted by molar-refractivity contribution is 5.78. The zero-order valence-electron chi connectivity index (χ0n) is 10.4. The van der Waals surface area contributed by atoms with E-state index in [1.807, 2.05) is 60.7 Å². The molecule has 19 heavy (non-hydrogen) atoms. The Morgan fingerprint density at radius 3 is 2.21 bits per heavy atom. The predicted molar refractivity (Wildman–Crippen MR) is 70.3 cm³/mol. The fourth-order valence-corrected chi connectivity index (χ4v) is 2.17. The molecule has 1 saturated heterocycles. The molecule has 3 nitrogen and oxygen atoms in total. The van der Waals surface area contributed by atoms with E-state index in [0.717, 1.165) is 11.1 Å². The summed E-state index contributed by atoms with van der Waals surface area (Å²) in [6, 6.07) is 19.3. The van der Waals surface area contributed by atoms with Crippen LogP contribution < -0.4 is 0 Å². The van der Waals surface area contributed by atoms with Gasteiger partial charge in [-0.1, -0.05) is 60.7 Å². The molecule has 0 aromatic heterocycles. The van der Waals surface area contributed by atoms with Crippen molar-refractivity contribution in [1.29, 1.82) is 0 Å². The van der Waals surface area contributed by atoms with Gasteiger partial charge in [-0.2, -0.15) is 0 Å². The van der Waals surface area contributed by atoms with Crippen molar-refractivity contribution < 1.29 is 14.3 Å². The first-order chi connectivity index (χ1) is 9.33.